The van der Waals surface area contributed by atoms with Gasteiger partial charge in [-0.2, -0.15) is 9.50 Å². The van der Waals surface area contributed by atoms with Crippen LogP contribution in [-0.4, -0.2) is 20.6 Å². The van der Waals surface area contributed by atoms with Gasteiger partial charge in [0.25, 0.3) is 5.56 Å². The van der Waals surface area contributed by atoms with Gasteiger partial charge in [0, 0.05) is 17.0 Å². The number of hydrogen-bond acceptors (Lipinski definition) is 6. The summed E-state index contributed by atoms with van der Waals surface area (Å²) in [6.45, 7) is 1.35. The van der Waals surface area contributed by atoms with Crippen molar-refractivity contribution in [2.45, 2.75) is 6.92 Å². The minimum absolute atomic E-state index is 0.218. The summed E-state index contributed by atoms with van der Waals surface area (Å²) in [5.41, 5.74) is 1.43. The molecule has 0 aliphatic heterocycles. The Balaban J connectivity index is 1.71. The quantitative estimate of drug-likeness (QED) is 0.360. The standard InChI is InChI=1S/C19H12BrN3O3S/c1-11(24)26-13-8-6-12(7-9-13)10-16-18(25)23-19(27-16)21-17(22-23)14-4-2-3-5-15(14)20/h2-10H,1H3/b16-10-. The highest BCUT2D eigenvalue weighted by Crippen LogP contribution is 2.25. The lowest BCUT2D eigenvalue weighted by atomic mass is 10.2. The van der Waals surface area contributed by atoms with Gasteiger partial charge in [0.1, 0.15) is 5.75 Å². The Bertz CT molecular complexity index is 1260. The fraction of sp³-hybridized carbons (Fsp3) is 0.0526. The number of hydrogen-bond donors (Lipinski definition) is 0. The fourth-order valence-electron chi connectivity index (χ4n) is 2.54. The van der Waals surface area contributed by atoms with E-state index in [1.165, 1.54) is 22.8 Å². The molecule has 0 N–H and O–H groups in total. The SMILES string of the molecule is CC(=O)Oc1ccc(/C=c2\sc3nc(-c4ccccc4Br)nn3c2=O)cc1. The third-order valence-electron chi connectivity index (χ3n) is 3.74. The van der Waals surface area contributed by atoms with Crippen molar-refractivity contribution in [3.8, 4) is 17.1 Å². The summed E-state index contributed by atoms with van der Waals surface area (Å²) in [7, 11) is 0. The van der Waals surface area contributed by atoms with E-state index < -0.39 is 0 Å². The average molecular weight is 442 g/mol. The molecular formula is C19H12BrN3O3S. The highest BCUT2D eigenvalue weighted by atomic mass is 79.9. The van der Waals surface area contributed by atoms with Crippen molar-refractivity contribution in [3.63, 3.8) is 0 Å². The zero-order valence-electron chi connectivity index (χ0n) is 14.0. The van der Waals surface area contributed by atoms with E-state index in [1.54, 1.807) is 30.3 Å². The van der Waals surface area contributed by atoms with Crippen LogP contribution >= 0.6 is 27.3 Å². The predicted octanol–water partition coefficient (Wildman–Crippen LogP) is 3.05. The topological polar surface area (TPSA) is 73.6 Å². The molecule has 27 heavy (non-hydrogen) atoms. The summed E-state index contributed by atoms with van der Waals surface area (Å²) in [5, 5.41) is 4.35. The number of esters is 1. The van der Waals surface area contributed by atoms with Crippen LogP contribution in [0, 0.1) is 0 Å². The first-order valence-electron chi connectivity index (χ1n) is 7.96. The van der Waals surface area contributed by atoms with E-state index in [0.717, 1.165) is 15.6 Å². The molecule has 0 radical (unpaired) electrons. The number of ether oxygens (including phenoxy) is 1. The molecule has 2 aromatic heterocycles. The van der Waals surface area contributed by atoms with Gasteiger partial charge in [-0.25, -0.2) is 0 Å². The molecule has 0 saturated heterocycles. The van der Waals surface area contributed by atoms with Crippen LogP contribution in [0.4, 0.5) is 0 Å². The Labute approximate surface area is 165 Å². The number of thiazole rings is 1. The first kappa shape index (κ1) is 17.6. The van der Waals surface area contributed by atoms with Crippen molar-refractivity contribution in [3.05, 3.63) is 73.5 Å². The molecule has 0 bridgehead atoms. The largest absolute Gasteiger partial charge is 0.427 e. The minimum atomic E-state index is -0.375. The second-order valence-corrected chi connectivity index (χ2v) is 7.55. The minimum Gasteiger partial charge on any atom is -0.427 e. The van der Waals surface area contributed by atoms with E-state index in [4.69, 9.17) is 4.74 Å². The lowest BCUT2D eigenvalue weighted by Gasteiger charge is -2.00. The van der Waals surface area contributed by atoms with Crippen LogP contribution in [0.5, 0.6) is 5.75 Å². The van der Waals surface area contributed by atoms with Crippen LogP contribution < -0.4 is 14.8 Å². The lowest BCUT2D eigenvalue weighted by Crippen LogP contribution is -2.23. The zero-order valence-corrected chi connectivity index (χ0v) is 16.5. The summed E-state index contributed by atoms with van der Waals surface area (Å²) in [6.07, 6.45) is 1.76. The fourth-order valence-corrected chi connectivity index (χ4v) is 3.91. The summed E-state index contributed by atoms with van der Waals surface area (Å²) in [5.74, 6) is 0.589. The van der Waals surface area contributed by atoms with Crippen molar-refractivity contribution in [1.82, 2.24) is 14.6 Å². The number of nitrogens with zero attached hydrogens (tertiary/aromatic N) is 3. The zero-order chi connectivity index (χ0) is 19.0. The van der Waals surface area contributed by atoms with E-state index in [-0.39, 0.29) is 11.5 Å². The van der Waals surface area contributed by atoms with Gasteiger partial charge >= 0.3 is 5.97 Å². The van der Waals surface area contributed by atoms with Crippen molar-refractivity contribution in [2.75, 3.05) is 0 Å². The molecule has 2 heterocycles. The van der Waals surface area contributed by atoms with Crippen molar-refractivity contribution in [1.29, 1.82) is 0 Å². The molecule has 4 rings (SSSR count). The summed E-state index contributed by atoms with van der Waals surface area (Å²) in [4.78, 5) is 28.6. The number of carbonyl (C=O) groups is 1. The van der Waals surface area contributed by atoms with Gasteiger partial charge in [0.05, 0.1) is 4.53 Å². The number of halogens is 1. The summed E-state index contributed by atoms with van der Waals surface area (Å²) in [6, 6.07) is 14.5. The Morgan fingerprint density at radius 1 is 1.19 bits per heavy atom. The van der Waals surface area contributed by atoms with Gasteiger partial charge in [-0.05, 0) is 35.9 Å². The molecular weight excluding hydrogens is 430 g/mol. The maximum Gasteiger partial charge on any atom is 0.308 e. The molecule has 4 aromatic rings. The van der Waals surface area contributed by atoms with Gasteiger partial charge in [-0.1, -0.05) is 51.5 Å². The number of carbonyl (C=O) groups excluding carboxylic acids is 1. The van der Waals surface area contributed by atoms with Crippen LogP contribution in [-0.2, 0) is 4.79 Å². The number of aromatic nitrogens is 3. The van der Waals surface area contributed by atoms with E-state index in [0.29, 0.717) is 21.1 Å². The van der Waals surface area contributed by atoms with Crippen LogP contribution in [0.2, 0.25) is 0 Å². The molecule has 0 unspecified atom stereocenters. The van der Waals surface area contributed by atoms with Gasteiger partial charge in [0.15, 0.2) is 5.82 Å². The smallest absolute Gasteiger partial charge is 0.308 e. The van der Waals surface area contributed by atoms with Crippen molar-refractivity contribution < 1.29 is 9.53 Å². The molecule has 8 heteroatoms. The molecule has 0 saturated carbocycles. The average Bonchev–Trinajstić information content (AvgIpc) is 3.17. The second kappa shape index (κ2) is 7.05. The third kappa shape index (κ3) is 3.54. The molecule has 2 aromatic carbocycles. The van der Waals surface area contributed by atoms with Crippen LogP contribution in [0.15, 0.2) is 57.8 Å². The first-order chi connectivity index (χ1) is 13.0. The molecule has 0 atom stereocenters. The van der Waals surface area contributed by atoms with Gasteiger partial charge in [-0.3, -0.25) is 9.59 Å². The molecule has 0 spiro atoms. The van der Waals surface area contributed by atoms with Gasteiger partial charge in [0.2, 0.25) is 4.96 Å². The van der Waals surface area contributed by atoms with Gasteiger partial charge < -0.3 is 4.74 Å². The Morgan fingerprint density at radius 2 is 1.93 bits per heavy atom. The highest BCUT2D eigenvalue weighted by Gasteiger charge is 2.13. The number of rotatable bonds is 3. The van der Waals surface area contributed by atoms with E-state index in [1.807, 2.05) is 24.3 Å². The normalized spacial score (nSPS) is 11.9. The number of benzene rings is 2. The molecule has 0 aliphatic rings. The summed E-state index contributed by atoms with van der Waals surface area (Å²) < 4.78 is 7.72. The number of fused-ring (bicyclic) bond motifs is 1. The first-order valence-corrected chi connectivity index (χ1v) is 9.57. The van der Waals surface area contributed by atoms with Crippen molar-refractivity contribution >= 4 is 44.3 Å². The monoisotopic (exact) mass is 441 g/mol. The maximum absolute atomic E-state index is 12.6. The molecule has 0 amide bonds. The summed E-state index contributed by atoms with van der Waals surface area (Å²) >= 11 is 4.75. The Hall–Kier alpha value is -2.84. The van der Waals surface area contributed by atoms with E-state index >= 15 is 0 Å². The predicted molar refractivity (Wildman–Crippen MR) is 107 cm³/mol. The van der Waals surface area contributed by atoms with Crippen LogP contribution in [0.3, 0.4) is 0 Å². The highest BCUT2D eigenvalue weighted by molar-refractivity contribution is 9.10. The molecule has 0 aliphatic carbocycles. The second-order valence-electron chi connectivity index (χ2n) is 5.69. The maximum atomic E-state index is 12.6. The van der Waals surface area contributed by atoms with Gasteiger partial charge in [-0.15, -0.1) is 5.10 Å². The van der Waals surface area contributed by atoms with Crippen LogP contribution in [0.25, 0.3) is 22.4 Å². The lowest BCUT2D eigenvalue weighted by molar-refractivity contribution is -0.131. The van der Waals surface area contributed by atoms with Crippen LogP contribution in [0.1, 0.15) is 12.5 Å². The molecule has 134 valence electrons. The molecule has 0 fully saturated rings. The Kier molecular flexibility index (Phi) is 4.59. The third-order valence-corrected chi connectivity index (χ3v) is 5.39. The molecule has 6 nitrogen and oxygen atoms in total. The van der Waals surface area contributed by atoms with E-state index in [2.05, 4.69) is 26.0 Å². The Morgan fingerprint density at radius 3 is 2.59 bits per heavy atom. The van der Waals surface area contributed by atoms with Crippen molar-refractivity contribution in [2.24, 2.45) is 0 Å². The van der Waals surface area contributed by atoms with E-state index in [9.17, 15) is 9.59 Å².